The number of piperazine rings is 1. The van der Waals surface area contributed by atoms with E-state index in [9.17, 15) is 9.59 Å². The molecule has 0 amide bonds. The van der Waals surface area contributed by atoms with Gasteiger partial charge in [-0.3, -0.25) is 9.69 Å². The van der Waals surface area contributed by atoms with Gasteiger partial charge in [-0.2, -0.15) is 0 Å². The number of rotatable bonds is 7. The Bertz CT molecular complexity index is 1400. The summed E-state index contributed by atoms with van der Waals surface area (Å²) in [5, 5.41) is 0. The number of ether oxygens (including phenoxy) is 1. The molecule has 2 heterocycles. The van der Waals surface area contributed by atoms with E-state index in [1.165, 1.54) is 21.3 Å². The number of carbonyl (C=O) groups excluding carboxylic acids is 1. The van der Waals surface area contributed by atoms with Gasteiger partial charge in [-0.1, -0.05) is 75.9 Å². The number of hydrogen-bond donors (Lipinski definition) is 0. The van der Waals surface area contributed by atoms with E-state index in [0.29, 0.717) is 11.1 Å². The number of fused-ring (bicyclic) bond motifs is 1. The van der Waals surface area contributed by atoms with E-state index in [1.807, 2.05) is 24.3 Å². The molecule has 1 aromatic heterocycles. The molecule has 7 nitrogen and oxygen atoms in total. The highest BCUT2D eigenvalue weighted by molar-refractivity contribution is 5.87. The van der Waals surface area contributed by atoms with Crippen LogP contribution in [0.15, 0.2) is 82.0 Å². The summed E-state index contributed by atoms with van der Waals surface area (Å²) in [6, 6.07) is 24.9. The summed E-state index contributed by atoms with van der Waals surface area (Å²) in [4.78, 5) is 29.1. The van der Waals surface area contributed by atoms with E-state index in [1.54, 1.807) is 13.8 Å². The third-order valence-corrected chi connectivity index (χ3v) is 6.63. The molecule has 0 aliphatic carbocycles. The van der Waals surface area contributed by atoms with Crippen molar-refractivity contribution in [3.05, 3.63) is 88.9 Å². The van der Waals surface area contributed by atoms with Gasteiger partial charge in [0.05, 0.1) is 17.1 Å². The summed E-state index contributed by atoms with van der Waals surface area (Å²) in [5.41, 5.74) is 5.82. The SMILES string of the molecule is C.CC(C)C(=O)OCn1c(=O)oc2c(N3CCN(Cc4cccc(-c5ccccc5)c4)CC3)cccc21. The molecule has 0 bridgehead atoms. The molecule has 37 heavy (non-hydrogen) atoms. The third kappa shape index (κ3) is 5.78. The highest BCUT2D eigenvalue weighted by Crippen LogP contribution is 2.28. The first kappa shape index (κ1) is 26.2. The highest BCUT2D eigenvalue weighted by atomic mass is 16.5. The number of benzene rings is 3. The molecule has 5 rings (SSSR count). The van der Waals surface area contributed by atoms with Crippen LogP contribution >= 0.6 is 0 Å². The van der Waals surface area contributed by atoms with Gasteiger partial charge in [0.25, 0.3) is 0 Å². The fourth-order valence-corrected chi connectivity index (χ4v) is 4.62. The molecule has 0 spiro atoms. The zero-order chi connectivity index (χ0) is 25.1. The second-order valence-electron chi connectivity index (χ2n) is 9.50. The largest absolute Gasteiger partial charge is 0.443 e. The number of para-hydroxylation sites is 1. The topological polar surface area (TPSA) is 67.9 Å². The number of oxazole rings is 1. The maximum atomic E-state index is 12.5. The lowest BCUT2D eigenvalue weighted by atomic mass is 10.0. The van der Waals surface area contributed by atoms with Gasteiger partial charge in [0.2, 0.25) is 0 Å². The first-order chi connectivity index (χ1) is 17.5. The molecule has 1 saturated heterocycles. The molecule has 1 aliphatic heterocycles. The quantitative estimate of drug-likeness (QED) is 0.317. The standard InChI is InChI=1S/C29H31N3O4.CH4/c1-21(2)28(33)35-20-32-26-13-7-12-25(27(26)36-29(32)34)31-16-14-30(15-17-31)19-22-8-6-11-24(18-22)23-9-4-3-5-10-23;/h3-13,18,21H,14-17,19-20H2,1-2H3;1H4. The Morgan fingerprint density at radius 1 is 0.919 bits per heavy atom. The molecule has 194 valence electrons. The molecule has 1 aliphatic rings. The van der Waals surface area contributed by atoms with Crippen LogP contribution in [0, 0.1) is 5.92 Å². The lowest BCUT2D eigenvalue weighted by molar-refractivity contribution is -0.151. The predicted octanol–water partition coefficient (Wildman–Crippen LogP) is 5.38. The first-order valence-electron chi connectivity index (χ1n) is 12.4. The summed E-state index contributed by atoms with van der Waals surface area (Å²) in [7, 11) is 0. The number of esters is 1. The van der Waals surface area contributed by atoms with Crippen molar-refractivity contribution in [1.29, 1.82) is 0 Å². The zero-order valence-corrected chi connectivity index (χ0v) is 20.7. The lowest BCUT2D eigenvalue weighted by Crippen LogP contribution is -2.46. The first-order valence-corrected chi connectivity index (χ1v) is 12.4. The lowest BCUT2D eigenvalue weighted by Gasteiger charge is -2.36. The Morgan fingerprint density at radius 3 is 2.35 bits per heavy atom. The summed E-state index contributed by atoms with van der Waals surface area (Å²) in [6.07, 6.45) is 0. The molecule has 0 atom stereocenters. The van der Waals surface area contributed by atoms with Crippen molar-refractivity contribution in [3.8, 4) is 11.1 Å². The molecule has 3 aromatic carbocycles. The second-order valence-corrected chi connectivity index (χ2v) is 9.50. The van der Waals surface area contributed by atoms with Crippen LogP contribution < -0.4 is 10.7 Å². The Kier molecular flexibility index (Phi) is 8.14. The fraction of sp³-hybridized carbons (Fsp3) is 0.333. The molecule has 0 N–H and O–H groups in total. The second kappa shape index (κ2) is 11.5. The normalized spacial score (nSPS) is 14.1. The van der Waals surface area contributed by atoms with E-state index in [2.05, 4.69) is 58.3 Å². The van der Waals surface area contributed by atoms with Crippen molar-refractivity contribution in [2.24, 2.45) is 5.92 Å². The monoisotopic (exact) mass is 501 g/mol. The van der Waals surface area contributed by atoms with E-state index in [4.69, 9.17) is 9.15 Å². The number of aromatic nitrogens is 1. The van der Waals surface area contributed by atoms with Crippen LogP contribution in [0.2, 0.25) is 0 Å². The van der Waals surface area contributed by atoms with Crippen LogP contribution in [0.25, 0.3) is 22.2 Å². The van der Waals surface area contributed by atoms with Crippen molar-refractivity contribution in [1.82, 2.24) is 9.47 Å². The van der Waals surface area contributed by atoms with E-state index in [0.717, 1.165) is 38.4 Å². The smallest absolute Gasteiger partial charge is 0.422 e. The van der Waals surface area contributed by atoms with Crippen LogP contribution in [-0.4, -0.2) is 41.6 Å². The van der Waals surface area contributed by atoms with E-state index < -0.39 is 5.76 Å². The Labute approximate surface area is 217 Å². The molecular formula is C30H35N3O4. The van der Waals surface area contributed by atoms with Gasteiger partial charge in [-0.05, 0) is 34.9 Å². The average Bonchev–Trinajstić information content (AvgIpc) is 3.23. The average molecular weight is 502 g/mol. The molecule has 0 radical (unpaired) electrons. The van der Waals surface area contributed by atoms with Gasteiger partial charge < -0.3 is 14.1 Å². The summed E-state index contributed by atoms with van der Waals surface area (Å²) < 4.78 is 12.3. The minimum absolute atomic E-state index is 0. The van der Waals surface area contributed by atoms with Crippen molar-refractivity contribution in [2.75, 3.05) is 31.1 Å². The number of anilines is 1. The Balaban J connectivity index is 0.00000320. The van der Waals surface area contributed by atoms with Gasteiger partial charge in [0.1, 0.15) is 0 Å². The maximum Gasteiger partial charge on any atom is 0.422 e. The van der Waals surface area contributed by atoms with E-state index in [-0.39, 0.29) is 26.0 Å². The van der Waals surface area contributed by atoms with Gasteiger partial charge in [-0.15, -0.1) is 0 Å². The Morgan fingerprint density at radius 2 is 1.62 bits per heavy atom. The highest BCUT2D eigenvalue weighted by Gasteiger charge is 2.22. The third-order valence-electron chi connectivity index (χ3n) is 6.63. The zero-order valence-electron chi connectivity index (χ0n) is 20.7. The summed E-state index contributed by atoms with van der Waals surface area (Å²) in [5.74, 6) is -1.13. The van der Waals surface area contributed by atoms with Crippen molar-refractivity contribution >= 4 is 22.8 Å². The minimum atomic E-state index is -0.522. The van der Waals surface area contributed by atoms with Gasteiger partial charge in [0, 0.05) is 32.7 Å². The number of nitrogens with zero attached hydrogens (tertiary/aromatic N) is 3. The molecule has 0 unspecified atom stereocenters. The van der Waals surface area contributed by atoms with Crippen molar-refractivity contribution < 1.29 is 13.9 Å². The van der Waals surface area contributed by atoms with Crippen LogP contribution in [-0.2, 0) is 22.8 Å². The number of hydrogen-bond acceptors (Lipinski definition) is 6. The summed E-state index contributed by atoms with van der Waals surface area (Å²) in [6.45, 7) is 7.73. The fourth-order valence-electron chi connectivity index (χ4n) is 4.62. The van der Waals surface area contributed by atoms with Gasteiger partial charge in [0.15, 0.2) is 12.3 Å². The van der Waals surface area contributed by atoms with E-state index >= 15 is 0 Å². The molecule has 1 fully saturated rings. The minimum Gasteiger partial charge on any atom is -0.443 e. The van der Waals surface area contributed by atoms with Crippen molar-refractivity contribution in [3.63, 3.8) is 0 Å². The predicted molar refractivity (Wildman–Crippen MR) is 148 cm³/mol. The maximum absolute atomic E-state index is 12.5. The molecule has 0 saturated carbocycles. The molecule has 7 heteroatoms. The molecule has 4 aromatic rings. The van der Waals surface area contributed by atoms with Crippen molar-refractivity contribution in [2.45, 2.75) is 34.5 Å². The van der Waals surface area contributed by atoms with Crippen LogP contribution in [0.3, 0.4) is 0 Å². The summed E-state index contributed by atoms with van der Waals surface area (Å²) >= 11 is 0. The van der Waals surface area contributed by atoms with Gasteiger partial charge >= 0.3 is 11.7 Å². The molecular weight excluding hydrogens is 466 g/mol. The van der Waals surface area contributed by atoms with Crippen LogP contribution in [0.1, 0.15) is 26.8 Å². The van der Waals surface area contributed by atoms with Crippen LogP contribution in [0.4, 0.5) is 5.69 Å². The van der Waals surface area contributed by atoms with Crippen LogP contribution in [0.5, 0.6) is 0 Å². The Hall–Kier alpha value is -3.84. The van der Waals surface area contributed by atoms with Gasteiger partial charge in [-0.25, -0.2) is 9.36 Å². The number of carbonyl (C=O) groups is 1.